The minimum Gasteiger partial charge on any atom is -0.465 e. The molecule has 0 fully saturated rings. The molecule has 2 aromatic carbocycles. The van der Waals surface area contributed by atoms with E-state index in [-0.39, 0.29) is 45.5 Å². The number of aromatic nitrogens is 2. The first-order chi connectivity index (χ1) is 18.2. The first-order valence-electron chi connectivity index (χ1n) is 13.1. The van der Waals surface area contributed by atoms with Crippen molar-refractivity contribution in [1.29, 1.82) is 0 Å². The van der Waals surface area contributed by atoms with Crippen molar-refractivity contribution >= 4 is 16.1 Å². The number of halogens is 1. The van der Waals surface area contributed by atoms with Gasteiger partial charge in [-0.1, -0.05) is 67.5 Å². The molecule has 7 nitrogen and oxygen atoms in total. The Morgan fingerprint density at radius 2 is 1.36 bits per heavy atom. The SMILES string of the molecule is COC(=O)c1c(-c2ccc(F)cc2)nc(OS(=O)(=O)c2c(C(C)C)cc(C(C)C)cc2C(C)C)nc1C(C)C. The van der Waals surface area contributed by atoms with E-state index in [1.54, 1.807) is 13.8 Å². The molecule has 39 heavy (non-hydrogen) atoms. The van der Waals surface area contributed by atoms with E-state index in [9.17, 15) is 17.6 Å². The number of hydrogen-bond donors (Lipinski definition) is 0. The molecule has 9 heteroatoms. The Balaban J connectivity index is 2.30. The van der Waals surface area contributed by atoms with Gasteiger partial charge >= 0.3 is 22.1 Å². The van der Waals surface area contributed by atoms with Gasteiger partial charge in [-0.3, -0.25) is 0 Å². The van der Waals surface area contributed by atoms with E-state index in [1.165, 1.54) is 31.4 Å². The van der Waals surface area contributed by atoms with Crippen molar-refractivity contribution in [3.05, 3.63) is 70.2 Å². The molecule has 0 bridgehead atoms. The molecule has 0 aliphatic heterocycles. The molecule has 0 saturated carbocycles. The van der Waals surface area contributed by atoms with Crippen molar-refractivity contribution in [2.24, 2.45) is 0 Å². The van der Waals surface area contributed by atoms with Crippen LogP contribution in [-0.4, -0.2) is 31.5 Å². The highest BCUT2D eigenvalue weighted by Gasteiger charge is 2.31. The number of rotatable bonds is 9. The van der Waals surface area contributed by atoms with E-state index >= 15 is 0 Å². The molecule has 0 N–H and O–H groups in total. The van der Waals surface area contributed by atoms with Gasteiger partial charge in [0.2, 0.25) is 0 Å². The van der Waals surface area contributed by atoms with E-state index in [0.717, 1.165) is 5.56 Å². The average Bonchev–Trinajstić information content (AvgIpc) is 2.86. The number of hydrogen-bond acceptors (Lipinski definition) is 7. The smallest absolute Gasteiger partial charge is 0.342 e. The van der Waals surface area contributed by atoms with Crippen LogP contribution in [0.2, 0.25) is 0 Å². The number of methoxy groups -OCH3 is 1. The molecule has 0 aliphatic rings. The van der Waals surface area contributed by atoms with Gasteiger partial charge in [0.25, 0.3) is 0 Å². The predicted molar refractivity (Wildman–Crippen MR) is 149 cm³/mol. The summed E-state index contributed by atoms with van der Waals surface area (Å²) in [4.78, 5) is 21.6. The first kappa shape index (κ1) is 30.2. The molecular weight excluding hydrogens is 519 g/mol. The molecule has 0 unspecified atom stereocenters. The summed E-state index contributed by atoms with van der Waals surface area (Å²) in [6, 6.07) is 8.76. The quantitative estimate of drug-likeness (QED) is 0.201. The summed E-state index contributed by atoms with van der Waals surface area (Å²) >= 11 is 0. The van der Waals surface area contributed by atoms with Gasteiger partial charge in [0.15, 0.2) is 0 Å². The molecule has 210 valence electrons. The molecule has 0 amide bonds. The topological polar surface area (TPSA) is 95.5 Å². The summed E-state index contributed by atoms with van der Waals surface area (Å²) in [5.41, 5.74) is 3.14. The second-order valence-electron chi connectivity index (χ2n) is 10.8. The fourth-order valence-electron chi connectivity index (χ4n) is 4.35. The highest BCUT2D eigenvalue weighted by atomic mass is 32.2. The summed E-state index contributed by atoms with van der Waals surface area (Å²) < 4.78 is 52.2. The lowest BCUT2D eigenvalue weighted by Crippen LogP contribution is -2.20. The van der Waals surface area contributed by atoms with Gasteiger partial charge in [-0.25, -0.2) is 9.18 Å². The Bertz CT molecular complexity index is 1430. The second kappa shape index (κ2) is 11.8. The highest BCUT2D eigenvalue weighted by Crippen LogP contribution is 2.37. The monoisotopic (exact) mass is 556 g/mol. The molecule has 0 spiro atoms. The van der Waals surface area contributed by atoms with E-state index in [2.05, 4.69) is 23.8 Å². The van der Waals surface area contributed by atoms with Gasteiger partial charge in [-0.2, -0.15) is 18.4 Å². The van der Waals surface area contributed by atoms with Crippen LogP contribution in [0.3, 0.4) is 0 Å². The lowest BCUT2D eigenvalue weighted by molar-refractivity contribution is 0.0598. The van der Waals surface area contributed by atoms with Crippen molar-refractivity contribution in [3.63, 3.8) is 0 Å². The van der Waals surface area contributed by atoms with Gasteiger partial charge in [0.1, 0.15) is 16.3 Å². The lowest BCUT2D eigenvalue weighted by Gasteiger charge is -2.22. The van der Waals surface area contributed by atoms with E-state index in [4.69, 9.17) is 8.92 Å². The van der Waals surface area contributed by atoms with Crippen LogP contribution < -0.4 is 4.18 Å². The van der Waals surface area contributed by atoms with E-state index < -0.39 is 27.9 Å². The largest absolute Gasteiger partial charge is 0.465 e. The van der Waals surface area contributed by atoms with Gasteiger partial charge in [-0.15, -0.1) is 0 Å². The van der Waals surface area contributed by atoms with Gasteiger partial charge in [0, 0.05) is 5.56 Å². The summed E-state index contributed by atoms with van der Waals surface area (Å²) in [5, 5.41) is 0. The number of carbonyl (C=O) groups excluding carboxylic acids is 1. The lowest BCUT2D eigenvalue weighted by atomic mass is 9.89. The molecule has 0 radical (unpaired) electrons. The third-order valence-electron chi connectivity index (χ3n) is 6.48. The van der Waals surface area contributed by atoms with Crippen LogP contribution in [0.15, 0.2) is 41.3 Å². The molecule has 1 heterocycles. The number of carbonyl (C=O) groups is 1. The van der Waals surface area contributed by atoms with Gasteiger partial charge in [0.05, 0.1) is 18.5 Å². The average molecular weight is 557 g/mol. The van der Waals surface area contributed by atoms with Crippen LogP contribution in [0.4, 0.5) is 4.39 Å². The van der Waals surface area contributed by atoms with Crippen LogP contribution in [0, 0.1) is 5.82 Å². The standard InChI is InChI=1S/C30H37FN2O5S/c1-16(2)21-14-23(17(3)4)28(24(15-21)18(5)6)39(35,36)38-30-32-26(19(7)8)25(29(34)37-9)27(33-30)20-10-12-22(31)13-11-20/h10-19H,1-9H3. The van der Waals surface area contributed by atoms with Gasteiger partial charge < -0.3 is 8.92 Å². The van der Waals surface area contributed by atoms with Crippen LogP contribution in [0.1, 0.15) is 112 Å². The maximum atomic E-state index is 13.9. The fourth-order valence-corrected chi connectivity index (χ4v) is 5.87. The van der Waals surface area contributed by atoms with Crippen molar-refractivity contribution in [2.75, 3.05) is 7.11 Å². The maximum Gasteiger partial charge on any atom is 0.342 e. The van der Waals surface area contributed by atoms with E-state index in [0.29, 0.717) is 16.7 Å². The summed E-state index contributed by atoms with van der Waals surface area (Å²) in [6.07, 6.45) is 0. The Morgan fingerprint density at radius 1 is 0.821 bits per heavy atom. The Labute approximate surface area is 230 Å². The first-order valence-corrected chi connectivity index (χ1v) is 14.5. The van der Waals surface area contributed by atoms with Crippen LogP contribution in [-0.2, 0) is 14.9 Å². The molecule has 0 saturated heterocycles. The number of ether oxygens (including phenoxy) is 1. The van der Waals surface area contributed by atoms with Crippen LogP contribution in [0.25, 0.3) is 11.3 Å². The van der Waals surface area contributed by atoms with Gasteiger partial charge in [-0.05, 0) is 64.6 Å². The van der Waals surface area contributed by atoms with Crippen LogP contribution >= 0.6 is 0 Å². The molecule has 0 atom stereocenters. The third kappa shape index (κ3) is 6.46. The summed E-state index contributed by atoms with van der Waals surface area (Å²) in [7, 11) is -3.16. The van der Waals surface area contributed by atoms with Crippen molar-refractivity contribution in [1.82, 2.24) is 9.97 Å². The predicted octanol–water partition coefficient (Wildman–Crippen LogP) is 7.33. The number of esters is 1. The Morgan fingerprint density at radius 3 is 1.79 bits per heavy atom. The third-order valence-corrected chi connectivity index (χ3v) is 7.82. The molecule has 3 aromatic rings. The Kier molecular flexibility index (Phi) is 9.16. The zero-order valence-electron chi connectivity index (χ0n) is 24.0. The summed E-state index contributed by atoms with van der Waals surface area (Å²) in [5.74, 6) is -1.46. The molecule has 1 aromatic heterocycles. The van der Waals surface area contributed by atoms with Crippen molar-refractivity contribution in [2.45, 2.75) is 84.0 Å². The zero-order valence-corrected chi connectivity index (χ0v) is 24.8. The van der Waals surface area contributed by atoms with Crippen molar-refractivity contribution in [3.8, 4) is 17.3 Å². The minimum atomic E-state index is -4.40. The highest BCUT2D eigenvalue weighted by molar-refractivity contribution is 7.87. The molecular formula is C30H37FN2O5S. The number of nitrogens with zero attached hydrogens (tertiary/aromatic N) is 2. The molecule has 0 aliphatic carbocycles. The second-order valence-corrected chi connectivity index (χ2v) is 12.3. The van der Waals surface area contributed by atoms with E-state index in [1.807, 2.05) is 39.8 Å². The fraction of sp³-hybridized carbons (Fsp3) is 0.433. The zero-order chi connectivity index (χ0) is 29.2. The maximum absolute atomic E-state index is 13.9. The van der Waals surface area contributed by atoms with Crippen molar-refractivity contribution < 1.29 is 26.5 Å². The minimum absolute atomic E-state index is 0.0656. The van der Waals surface area contributed by atoms with Crippen LogP contribution in [0.5, 0.6) is 6.01 Å². The Hall–Kier alpha value is -3.33. The molecule has 3 rings (SSSR count). The number of benzene rings is 2. The normalized spacial score (nSPS) is 12.1. The summed E-state index contributed by atoms with van der Waals surface area (Å²) in [6.45, 7) is 15.5.